The first kappa shape index (κ1) is 29.9. The van der Waals surface area contributed by atoms with Gasteiger partial charge < -0.3 is 25.0 Å². The third kappa shape index (κ3) is 8.71. The maximum Gasteiger partial charge on any atom is 0.231 e. The van der Waals surface area contributed by atoms with E-state index in [2.05, 4.69) is 44.4 Å². The number of anilines is 1. The first-order valence-electron chi connectivity index (χ1n) is 14.2. The van der Waals surface area contributed by atoms with E-state index in [1.165, 1.54) is 0 Å². The Labute approximate surface area is 228 Å². The molecule has 1 aliphatic heterocycles. The molecule has 38 heavy (non-hydrogen) atoms. The highest BCUT2D eigenvalue weighted by atomic mass is 16.5. The zero-order valence-electron chi connectivity index (χ0n) is 23.8. The minimum atomic E-state index is -0.282. The molecule has 0 unspecified atom stereocenters. The largest absolute Gasteiger partial charge is 0.492 e. The van der Waals surface area contributed by atoms with Crippen molar-refractivity contribution >= 4 is 17.5 Å². The SMILES string of the molecule is COCCCOc1cc(N(C(=O)[C@H]2CNC[C@@H](C(=O)NC(CC(C)C)CC(C)C)C2)C2CC2)ccc1C#N. The highest BCUT2D eigenvalue weighted by Gasteiger charge is 2.40. The first-order chi connectivity index (χ1) is 18.2. The molecule has 3 rings (SSSR count). The van der Waals surface area contributed by atoms with E-state index in [-0.39, 0.29) is 35.7 Å². The summed E-state index contributed by atoms with van der Waals surface area (Å²) >= 11 is 0. The van der Waals surface area contributed by atoms with Crippen LogP contribution in [0.3, 0.4) is 0 Å². The van der Waals surface area contributed by atoms with Gasteiger partial charge in [0.1, 0.15) is 11.8 Å². The summed E-state index contributed by atoms with van der Waals surface area (Å²) in [5.74, 6) is 1.06. The summed E-state index contributed by atoms with van der Waals surface area (Å²) in [5, 5.41) is 16.2. The monoisotopic (exact) mass is 526 g/mol. The lowest BCUT2D eigenvalue weighted by atomic mass is 9.87. The van der Waals surface area contributed by atoms with E-state index < -0.39 is 0 Å². The number of nitriles is 1. The molecule has 210 valence electrons. The third-order valence-electron chi connectivity index (χ3n) is 7.19. The number of rotatable bonds is 14. The summed E-state index contributed by atoms with van der Waals surface area (Å²) < 4.78 is 11.0. The number of benzene rings is 1. The van der Waals surface area contributed by atoms with Crippen LogP contribution in [-0.2, 0) is 14.3 Å². The quantitative estimate of drug-likeness (QED) is 0.351. The van der Waals surface area contributed by atoms with Gasteiger partial charge in [0.25, 0.3) is 0 Å². The number of nitrogens with one attached hydrogen (secondary N) is 2. The lowest BCUT2D eigenvalue weighted by molar-refractivity contribution is -0.129. The Bertz CT molecular complexity index is 959. The smallest absolute Gasteiger partial charge is 0.231 e. The average molecular weight is 527 g/mol. The minimum Gasteiger partial charge on any atom is -0.492 e. The van der Waals surface area contributed by atoms with Crippen LogP contribution in [0, 0.1) is 35.0 Å². The average Bonchev–Trinajstić information content (AvgIpc) is 3.71. The molecule has 0 aromatic heterocycles. The fraction of sp³-hybridized carbons (Fsp3) is 0.700. The molecular formula is C30H46N4O4. The lowest BCUT2D eigenvalue weighted by Gasteiger charge is -2.34. The molecule has 8 heteroatoms. The van der Waals surface area contributed by atoms with Crippen molar-refractivity contribution in [3.63, 3.8) is 0 Å². The van der Waals surface area contributed by atoms with Crippen LogP contribution in [0.25, 0.3) is 0 Å². The van der Waals surface area contributed by atoms with E-state index in [1.54, 1.807) is 13.2 Å². The van der Waals surface area contributed by atoms with Crippen LogP contribution in [0.5, 0.6) is 5.75 Å². The molecule has 0 spiro atoms. The molecule has 1 aromatic rings. The predicted octanol–water partition coefficient (Wildman–Crippen LogP) is 4.27. The molecule has 1 saturated heterocycles. The van der Waals surface area contributed by atoms with E-state index in [4.69, 9.17) is 9.47 Å². The van der Waals surface area contributed by atoms with Crippen molar-refractivity contribution in [3.05, 3.63) is 23.8 Å². The highest BCUT2D eigenvalue weighted by Crippen LogP contribution is 2.36. The van der Waals surface area contributed by atoms with Crippen LogP contribution in [0.15, 0.2) is 18.2 Å². The number of hydrogen-bond acceptors (Lipinski definition) is 6. The Hall–Kier alpha value is -2.63. The number of carbonyl (C=O) groups excluding carboxylic acids is 2. The fourth-order valence-electron chi connectivity index (χ4n) is 5.31. The molecule has 2 amide bonds. The van der Waals surface area contributed by atoms with Gasteiger partial charge in [-0.25, -0.2) is 0 Å². The van der Waals surface area contributed by atoms with Gasteiger partial charge >= 0.3 is 0 Å². The molecule has 2 atom stereocenters. The van der Waals surface area contributed by atoms with Crippen molar-refractivity contribution in [2.24, 2.45) is 23.7 Å². The number of methoxy groups -OCH3 is 1. The van der Waals surface area contributed by atoms with Crippen molar-refractivity contribution in [1.29, 1.82) is 5.26 Å². The van der Waals surface area contributed by atoms with Gasteiger partial charge in [-0.15, -0.1) is 0 Å². The summed E-state index contributed by atoms with van der Waals surface area (Å²) in [7, 11) is 1.64. The Morgan fingerprint density at radius 1 is 1.11 bits per heavy atom. The molecule has 2 fully saturated rings. The molecule has 1 saturated carbocycles. The summed E-state index contributed by atoms with van der Waals surface area (Å²) in [6.45, 7) is 10.9. The Morgan fingerprint density at radius 2 is 1.79 bits per heavy atom. The zero-order chi connectivity index (χ0) is 27.7. The number of amides is 2. The molecular weight excluding hydrogens is 480 g/mol. The van der Waals surface area contributed by atoms with E-state index in [0.29, 0.717) is 62.3 Å². The number of piperidine rings is 1. The Balaban J connectivity index is 1.71. The van der Waals surface area contributed by atoms with Crippen LogP contribution < -0.4 is 20.3 Å². The molecule has 1 aliphatic carbocycles. The van der Waals surface area contributed by atoms with Crippen LogP contribution >= 0.6 is 0 Å². The van der Waals surface area contributed by atoms with Gasteiger partial charge in [-0.1, -0.05) is 27.7 Å². The van der Waals surface area contributed by atoms with Crippen molar-refractivity contribution < 1.29 is 19.1 Å². The van der Waals surface area contributed by atoms with Crippen LogP contribution in [-0.4, -0.2) is 57.3 Å². The number of carbonyl (C=O) groups is 2. The number of ether oxygens (including phenoxy) is 2. The summed E-state index contributed by atoms with van der Waals surface area (Å²) in [5.41, 5.74) is 1.20. The third-order valence-corrected chi connectivity index (χ3v) is 7.19. The van der Waals surface area contributed by atoms with Gasteiger partial charge in [0.15, 0.2) is 0 Å². The number of nitrogens with zero attached hydrogens (tertiary/aromatic N) is 2. The molecule has 0 bridgehead atoms. The van der Waals surface area contributed by atoms with Gasteiger partial charge in [0.2, 0.25) is 11.8 Å². The highest BCUT2D eigenvalue weighted by molar-refractivity contribution is 5.97. The number of hydrogen-bond donors (Lipinski definition) is 2. The van der Waals surface area contributed by atoms with Crippen molar-refractivity contribution in [2.45, 2.75) is 78.3 Å². The standard InChI is InChI=1S/C30H46N4O4/c1-20(2)13-25(14-21(3)4)33-29(35)23-15-24(19-32-18-23)30(36)34(26-9-10-26)27-8-7-22(17-31)28(16-27)38-12-6-11-37-5/h7-8,16,20-21,23-26,32H,6,9-15,18-19H2,1-5H3,(H,33,35)/t23-,24+/m0/s1. The van der Waals surface area contributed by atoms with E-state index in [9.17, 15) is 14.9 Å². The van der Waals surface area contributed by atoms with Crippen molar-refractivity contribution in [3.8, 4) is 11.8 Å². The Morgan fingerprint density at radius 3 is 2.39 bits per heavy atom. The maximum atomic E-state index is 13.9. The lowest BCUT2D eigenvalue weighted by Crippen LogP contribution is -2.51. The second-order valence-electron chi connectivity index (χ2n) is 11.7. The molecule has 0 radical (unpaired) electrons. The van der Waals surface area contributed by atoms with Gasteiger partial charge in [-0.2, -0.15) is 5.26 Å². The van der Waals surface area contributed by atoms with Gasteiger partial charge in [-0.05, 0) is 56.1 Å². The first-order valence-corrected chi connectivity index (χ1v) is 14.2. The van der Waals surface area contributed by atoms with Gasteiger partial charge in [-0.3, -0.25) is 9.59 Å². The minimum absolute atomic E-state index is 0.0356. The fourth-order valence-corrected chi connectivity index (χ4v) is 5.31. The van der Waals surface area contributed by atoms with Gasteiger partial charge in [0, 0.05) is 57.1 Å². The summed E-state index contributed by atoms with van der Waals surface area (Å²) in [6, 6.07) is 7.85. The topological polar surface area (TPSA) is 104 Å². The molecule has 1 heterocycles. The maximum absolute atomic E-state index is 13.9. The predicted molar refractivity (Wildman–Crippen MR) is 149 cm³/mol. The Kier molecular flexibility index (Phi) is 11.4. The summed E-state index contributed by atoms with van der Waals surface area (Å²) in [4.78, 5) is 29.0. The van der Waals surface area contributed by atoms with E-state index >= 15 is 0 Å². The van der Waals surface area contributed by atoms with Crippen molar-refractivity contribution in [2.75, 3.05) is 38.3 Å². The van der Waals surface area contributed by atoms with Crippen LogP contribution in [0.1, 0.15) is 71.8 Å². The summed E-state index contributed by atoms with van der Waals surface area (Å²) in [6.07, 6.45) is 5.06. The van der Waals surface area contributed by atoms with Crippen molar-refractivity contribution in [1.82, 2.24) is 10.6 Å². The van der Waals surface area contributed by atoms with E-state index in [1.807, 2.05) is 17.0 Å². The molecule has 2 aliphatic rings. The second kappa shape index (κ2) is 14.5. The van der Waals surface area contributed by atoms with Crippen LogP contribution in [0.2, 0.25) is 0 Å². The van der Waals surface area contributed by atoms with Crippen LogP contribution in [0.4, 0.5) is 5.69 Å². The zero-order valence-corrected chi connectivity index (χ0v) is 23.8. The molecule has 2 N–H and O–H groups in total. The molecule has 1 aromatic carbocycles. The normalized spacial score (nSPS) is 19.4. The van der Waals surface area contributed by atoms with Gasteiger partial charge in [0.05, 0.1) is 24.0 Å². The molecule has 8 nitrogen and oxygen atoms in total. The second-order valence-corrected chi connectivity index (χ2v) is 11.7. The van der Waals surface area contributed by atoms with E-state index in [0.717, 1.165) is 31.4 Å².